The molecular weight excluding hydrogens is 272 g/mol. The van der Waals surface area contributed by atoms with Gasteiger partial charge >= 0.3 is 0 Å². The molecule has 0 aromatic heterocycles. The van der Waals surface area contributed by atoms with Gasteiger partial charge < -0.3 is 4.74 Å². The van der Waals surface area contributed by atoms with E-state index in [0.717, 1.165) is 12.8 Å². The van der Waals surface area contributed by atoms with Crippen LogP contribution in [0, 0.1) is 0 Å². The molecule has 0 bridgehead atoms. The predicted molar refractivity (Wildman–Crippen MR) is 52.6 cm³/mol. The van der Waals surface area contributed by atoms with Crippen molar-refractivity contribution in [1.82, 2.24) is 0 Å². The molecule has 1 aliphatic carbocycles. The second kappa shape index (κ2) is 2.24. The number of alkyl halides is 2. The maximum absolute atomic E-state index is 5.73. The molecule has 0 spiro atoms. The lowest BCUT2D eigenvalue weighted by atomic mass is 9.82. The lowest BCUT2D eigenvalue weighted by Gasteiger charge is -2.27. The zero-order valence-electron chi connectivity index (χ0n) is 6.73. The van der Waals surface area contributed by atoms with E-state index in [0.29, 0.717) is 9.65 Å². The van der Waals surface area contributed by atoms with E-state index in [4.69, 9.17) is 4.74 Å². The number of rotatable bonds is 0. The molecule has 0 aromatic rings. The largest absolute Gasteiger partial charge is 0.363 e. The molecule has 1 saturated heterocycles. The first-order chi connectivity index (χ1) is 4.97. The molecule has 2 fully saturated rings. The van der Waals surface area contributed by atoms with E-state index in [1.54, 1.807) is 0 Å². The molecule has 64 valence electrons. The summed E-state index contributed by atoms with van der Waals surface area (Å²) in [6.07, 6.45) is 2.25. The van der Waals surface area contributed by atoms with Crippen LogP contribution in [0.2, 0.25) is 0 Å². The Morgan fingerprint density at radius 3 is 1.82 bits per heavy atom. The van der Waals surface area contributed by atoms with E-state index in [1.807, 2.05) is 0 Å². The monoisotopic (exact) mass is 282 g/mol. The van der Waals surface area contributed by atoms with Gasteiger partial charge in [-0.2, -0.15) is 0 Å². The maximum Gasteiger partial charge on any atom is 0.0960 e. The summed E-state index contributed by atoms with van der Waals surface area (Å²) in [4.78, 5) is 1.14. The van der Waals surface area contributed by atoms with E-state index < -0.39 is 0 Å². The van der Waals surface area contributed by atoms with Crippen molar-refractivity contribution in [3.8, 4) is 0 Å². The SMILES string of the molecule is C[C@]12C[C@H](Br)[C@@H](Br)C[C@]1(C)O2. The zero-order chi connectivity index (χ0) is 8.28. The Morgan fingerprint density at radius 1 is 1.09 bits per heavy atom. The van der Waals surface area contributed by atoms with Gasteiger partial charge in [0, 0.05) is 9.65 Å². The first kappa shape index (κ1) is 8.52. The van der Waals surface area contributed by atoms with Gasteiger partial charge in [-0.1, -0.05) is 31.9 Å². The summed E-state index contributed by atoms with van der Waals surface area (Å²) in [6.45, 7) is 4.42. The molecule has 1 saturated carbocycles. The average molecular weight is 284 g/mol. The lowest BCUT2D eigenvalue weighted by molar-refractivity contribution is 0.280. The minimum atomic E-state index is 0.158. The van der Waals surface area contributed by atoms with Crippen LogP contribution in [0.1, 0.15) is 26.7 Å². The molecule has 2 rings (SSSR count). The molecule has 0 N–H and O–H groups in total. The standard InChI is InChI=1S/C8H12Br2O/c1-7-3-5(9)6(10)4-8(7,2)11-7/h5-6H,3-4H2,1-2H3/t5-,6-,7-,8-/m0/s1. The second-order valence-corrected chi connectivity index (χ2v) is 6.36. The van der Waals surface area contributed by atoms with E-state index >= 15 is 0 Å². The van der Waals surface area contributed by atoms with Crippen LogP contribution in [0.25, 0.3) is 0 Å². The summed E-state index contributed by atoms with van der Waals surface area (Å²) in [7, 11) is 0. The molecule has 3 heteroatoms. The number of halogens is 2. The van der Waals surface area contributed by atoms with Crippen molar-refractivity contribution in [3.63, 3.8) is 0 Å². The first-order valence-electron chi connectivity index (χ1n) is 3.95. The van der Waals surface area contributed by atoms with Crippen LogP contribution in [0.4, 0.5) is 0 Å². The topological polar surface area (TPSA) is 12.5 Å². The van der Waals surface area contributed by atoms with Gasteiger partial charge in [0.1, 0.15) is 0 Å². The molecule has 1 aliphatic heterocycles. The van der Waals surface area contributed by atoms with E-state index in [9.17, 15) is 0 Å². The average Bonchev–Trinajstić information content (AvgIpc) is 2.33. The van der Waals surface area contributed by atoms with Crippen LogP contribution in [0.3, 0.4) is 0 Å². The fourth-order valence-electron chi connectivity index (χ4n) is 1.99. The summed E-state index contributed by atoms with van der Waals surface area (Å²) in [5, 5.41) is 0. The van der Waals surface area contributed by atoms with Crippen molar-refractivity contribution >= 4 is 31.9 Å². The minimum Gasteiger partial charge on any atom is -0.363 e. The summed E-state index contributed by atoms with van der Waals surface area (Å²) in [5.41, 5.74) is 0.316. The van der Waals surface area contributed by atoms with Gasteiger partial charge in [-0.25, -0.2) is 0 Å². The highest BCUT2D eigenvalue weighted by molar-refractivity contribution is 9.12. The quantitative estimate of drug-likeness (QED) is 0.492. The molecule has 2 aliphatic rings. The minimum absolute atomic E-state index is 0.158. The van der Waals surface area contributed by atoms with Crippen molar-refractivity contribution in [2.75, 3.05) is 0 Å². The lowest BCUT2D eigenvalue weighted by Crippen LogP contribution is -2.36. The highest BCUT2D eigenvalue weighted by Gasteiger charge is 2.67. The second-order valence-electron chi connectivity index (χ2n) is 4.00. The van der Waals surface area contributed by atoms with Gasteiger partial charge in [0.05, 0.1) is 11.2 Å². The highest BCUT2D eigenvalue weighted by atomic mass is 79.9. The van der Waals surface area contributed by atoms with E-state index in [1.165, 1.54) is 0 Å². The van der Waals surface area contributed by atoms with Gasteiger partial charge in [-0.15, -0.1) is 0 Å². The van der Waals surface area contributed by atoms with Crippen molar-refractivity contribution in [3.05, 3.63) is 0 Å². The van der Waals surface area contributed by atoms with Crippen LogP contribution in [0.15, 0.2) is 0 Å². The molecule has 11 heavy (non-hydrogen) atoms. The molecule has 0 aromatic carbocycles. The normalized spacial score (nSPS) is 62.2. The van der Waals surface area contributed by atoms with Gasteiger partial charge in [0.2, 0.25) is 0 Å². The fourth-order valence-corrected chi connectivity index (χ4v) is 3.60. The summed E-state index contributed by atoms with van der Waals surface area (Å²) in [6, 6.07) is 0. The van der Waals surface area contributed by atoms with Crippen molar-refractivity contribution in [1.29, 1.82) is 0 Å². The van der Waals surface area contributed by atoms with Crippen molar-refractivity contribution in [2.45, 2.75) is 47.5 Å². The van der Waals surface area contributed by atoms with Crippen LogP contribution >= 0.6 is 31.9 Å². The maximum atomic E-state index is 5.73. The number of epoxide rings is 1. The molecule has 0 radical (unpaired) electrons. The first-order valence-corrected chi connectivity index (χ1v) is 5.78. The number of fused-ring (bicyclic) bond motifs is 1. The predicted octanol–water partition coefficient (Wildman–Crippen LogP) is 2.85. The van der Waals surface area contributed by atoms with E-state index in [-0.39, 0.29) is 11.2 Å². The Kier molecular flexibility index (Phi) is 1.73. The highest BCUT2D eigenvalue weighted by Crippen LogP contribution is 2.59. The van der Waals surface area contributed by atoms with Gasteiger partial charge in [-0.3, -0.25) is 0 Å². The summed E-state index contributed by atoms with van der Waals surface area (Å²) < 4.78 is 5.73. The molecular formula is C8H12Br2O. The Labute approximate surface area is 84.1 Å². The van der Waals surface area contributed by atoms with Gasteiger partial charge in [-0.05, 0) is 26.7 Å². The third-order valence-corrected chi connectivity index (χ3v) is 5.72. The molecule has 4 atom stereocenters. The molecule has 1 heterocycles. The third-order valence-electron chi connectivity index (χ3n) is 3.09. The van der Waals surface area contributed by atoms with E-state index in [2.05, 4.69) is 45.7 Å². The fraction of sp³-hybridized carbons (Fsp3) is 1.00. The van der Waals surface area contributed by atoms with Gasteiger partial charge in [0.25, 0.3) is 0 Å². The molecule has 0 amide bonds. The zero-order valence-corrected chi connectivity index (χ0v) is 9.91. The smallest absolute Gasteiger partial charge is 0.0960 e. The summed E-state index contributed by atoms with van der Waals surface area (Å²) >= 11 is 7.31. The summed E-state index contributed by atoms with van der Waals surface area (Å²) in [5.74, 6) is 0. The Balaban J connectivity index is 2.15. The number of hydrogen-bond acceptors (Lipinski definition) is 1. The molecule has 1 nitrogen and oxygen atoms in total. The molecule has 0 unspecified atom stereocenters. The van der Waals surface area contributed by atoms with Crippen LogP contribution in [0.5, 0.6) is 0 Å². The third kappa shape index (κ3) is 1.11. The number of ether oxygens (including phenoxy) is 1. The van der Waals surface area contributed by atoms with Crippen LogP contribution in [-0.4, -0.2) is 20.9 Å². The van der Waals surface area contributed by atoms with Crippen LogP contribution < -0.4 is 0 Å². The Hall–Kier alpha value is 0.920. The van der Waals surface area contributed by atoms with Gasteiger partial charge in [0.15, 0.2) is 0 Å². The Bertz CT molecular complexity index is 177. The van der Waals surface area contributed by atoms with Crippen LogP contribution in [-0.2, 0) is 4.74 Å². The Morgan fingerprint density at radius 2 is 1.45 bits per heavy atom. The van der Waals surface area contributed by atoms with Crippen molar-refractivity contribution < 1.29 is 4.74 Å². The van der Waals surface area contributed by atoms with Crippen molar-refractivity contribution in [2.24, 2.45) is 0 Å². The number of hydrogen-bond donors (Lipinski definition) is 0.